The zero-order chi connectivity index (χ0) is 15.2. The number of nitrogens with zero attached hydrogens (tertiary/aromatic N) is 1. The second kappa shape index (κ2) is 6.86. The van der Waals surface area contributed by atoms with Gasteiger partial charge in [-0.2, -0.15) is 5.26 Å². The van der Waals surface area contributed by atoms with E-state index in [0.717, 1.165) is 12.1 Å². The number of rotatable bonds is 6. The number of carbonyl (C=O) groups is 1. The van der Waals surface area contributed by atoms with Crippen LogP contribution >= 0.6 is 0 Å². The first kappa shape index (κ1) is 15.9. The van der Waals surface area contributed by atoms with Gasteiger partial charge in [-0.1, -0.05) is 0 Å². The summed E-state index contributed by atoms with van der Waals surface area (Å²) in [4.78, 5) is 11.1. The second-order valence-corrected chi connectivity index (χ2v) is 5.62. The molecule has 0 aliphatic carbocycles. The van der Waals surface area contributed by atoms with Crippen LogP contribution in [0.3, 0.4) is 0 Å². The van der Waals surface area contributed by atoms with E-state index < -0.39 is 27.6 Å². The predicted octanol–water partition coefficient (Wildman–Crippen LogP) is 1.39. The predicted molar refractivity (Wildman–Crippen MR) is 69.8 cm³/mol. The summed E-state index contributed by atoms with van der Waals surface area (Å²) >= 11 is 0. The first-order chi connectivity index (χ1) is 9.38. The van der Waals surface area contributed by atoms with Crippen LogP contribution in [0.25, 0.3) is 0 Å². The summed E-state index contributed by atoms with van der Waals surface area (Å²) < 4.78 is 43.5. The molecule has 8 heteroatoms. The summed E-state index contributed by atoms with van der Waals surface area (Å²) in [5, 5.41) is 8.57. The molecule has 1 aromatic rings. The highest BCUT2D eigenvalue weighted by Gasteiger charge is 2.16. The molecule has 0 bridgehead atoms. The van der Waals surface area contributed by atoms with Gasteiger partial charge >= 0.3 is 5.97 Å². The fraction of sp³-hybridized carbons (Fsp3) is 0.333. The molecule has 1 N–H and O–H groups in total. The number of sulfonamides is 1. The minimum absolute atomic E-state index is 0.0805. The molecule has 0 amide bonds. The molecule has 0 saturated heterocycles. The first-order valence-electron chi connectivity index (χ1n) is 5.73. The van der Waals surface area contributed by atoms with E-state index in [4.69, 9.17) is 5.26 Å². The molecule has 0 fully saturated rings. The van der Waals surface area contributed by atoms with E-state index in [-0.39, 0.29) is 24.3 Å². The van der Waals surface area contributed by atoms with Gasteiger partial charge in [-0.25, -0.2) is 12.8 Å². The van der Waals surface area contributed by atoms with E-state index in [0.29, 0.717) is 0 Å². The van der Waals surface area contributed by atoms with Crippen molar-refractivity contribution in [3.8, 4) is 6.07 Å². The lowest BCUT2D eigenvalue weighted by Crippen LogP contribution is -2.20. The zero-order valence-corrected chi connectivity index (χ0v) is 11.5. The topological polar surface area (TPSA) is 96.3 Å². The average Bonchev–Trinajstić information content (AvgIpc) is 2.39. The minimum Gasteiger partial charge on any atom is -0.466 e. The van der Waals surface area contributed by atoms with Gasteiger partial charge in [0.25, 0.3) is 0 Å². The molecule has 0 radical (unpaired) electrons. The Kier molecular flexibility index (Phi) is 5.46. The molecule has 0 spiro atoms. The van der Waals surface area contributed by atoms with Crippen molar-refractivity contribution < 1.29 is 22.3 Å². The highest BCUT2D eigenvalue weighted by molar-refractivity contribution is 7.92. The van der Waals surface area contributed by atoms with Crippen molar-refractivity contribution in [3.05, 3.63) is 29.6 Å². The molecule has 0 saturated carbocycles. The van der Waals surface area contributed by atoms with Gasteiger partial charge in [0.1, 0.15) is 5.82 Å². The van der Waals surface area contributed by atoms with E-state index in [1.807, 2.05) is 4.72 Å². The molecule has 0 aliphatic heterocycles. The van der Waals surface area contributed by atoms with Crippen LogP contribution in [0.1, 0.15) is 18.9 Å². The van der Waals surface area contributed by atoms with Crippen molar-refractivity contribution in [2.75, 3.05) is 17.1 Å². The van der Waals surface area contributed by atoms with Gasteiger partial charge in [0.15, 0.2) is 0 Å². The van der Waals surface area contributed by atoms with Crippen LogP contribution in [-0.2, 0) is 19.6 Å². The van der Waals surface area contributed by atoms with E-state index in [1.165, 1.54) is 6.07 Å². The van der Waals surface area contributed by atoms with Crippen molar-refractivity contribution in [3.63, 3.8) is 0 Å². The zero-order valence-electron chi connectivity index (χ0n) is 10.7. The largest absolute Gasteiger partial charge is 0.466 e. The molecule has 20 heavy (non-hydrogen) atoms. The van der Waals surface area contributed by atoms with Crippen LogP contribution in [0.5, 0.6) is 0 Å². The molecular formula is C12H13FN2O4S. The number of hydrogen-bond acceptors (Lipinski definition) is 5. The Morgan fingerprint density at radius 3 is 2.75 bits per heavy atom. The third-order valence-corrected chi connectivity index (χ3v) is 3.52. The fourth-order valence-corrected chi connectivity index (χ4v) is 2.37. The monoisotopic (exact) mass is 300 g/mol. The van der Waals surface area contributed by atoms with Gasteiger partial charge < -0.3 is 4.74 Å². The highest BCUT2D eigenvalue weighted by Crippen LogP contribution is 2.17. The Labute approximate surface area is 116 Å². The quantitative estimate of drug-likeness (QED) is 0.801. The van der Waals surface area contributed by atoms with Gasteiger partial charge in [-0.05, 0) is 25.1 Å². The maximum Gasteiger partial charge on any atom is 0.306 e. The smallest absolute Gasteiger partial charge is 0.306 e. The highest BCUT2D eigenvalue weighted by atomic mass is 32.2. The summed E-state index contributed by atoms with van der Waals surface area (Å²) in [5.74, 6) is -2.01. The molecule has 0 aromatic heterocycles. The summed E-state index contributed by atoms with van der Waals surface area (Å²) in [5.41, 5.74) is -0.190. The molecule has 1 rings (SSSR count). The SMILES string of the molecule is CCOC(=O)CCS(=O)(=O)Nc1ccc(C#N)cc1F. The summed E-state index contributed by atoms with van der Waals surface area (Å²) in [6.07, 6.45) is -0.318. The lowest BCUT2D eigenvalue weighted by molar-refractivity contribution is -0.142. The molecule has 0 heterocycles. The lowest BCUT2D eigenvalue weighted by atomic mass is 10.2. The third kappa shape index (κ3) is 4.85. The standard InChI is InChI=1S/C12H13FN2O4S/c1-2-19-12(16)5-6-20(17,18)15-11-4-3-9(8-14)7-10(11)13/h3-4,7,15H,2,5-6H2,1H3. The number of carbonyl (C=O) groups excluding carboxylic acids is 1. The Morgan fingerprint density at radius 1 is 1.50 bits per heavy atom. The van der Waals surface area contributed by atoms with Crippen molar-refractivity contribution in [1.29, 1.82) is 5.26 Å². The fourth-order valence-electron chi connectivity index (χ4n) is 1.34. The van der Waals surface area contributed by atoms with Crippen molar-refractivity contribution in [1.82, 2.24) is 0 Å². The number of hydrogen-bond donors (Lipinski definition) is 1. The third-order valence-electron chi connectivity index (χ3n) is 2.24. The molecule has 0 atom stereocenters. The number of benzene rings is 1. The minimum atomic E-state index is -3.86. The van der Waals surface area contributed by atoms with E-state index in [2.05, 4.69) is 4.74 Å². The van der Waals surface area contributed by atoms with Crippen LogP contribution in [0.4, 0.5) is 10.1 Å². The molecule has 6 nitrogen and oxygen atoms in total. The summed E-state index contributed by atoms with van der Waals surface area (Å²) in [6.45, 7) is 1.77. The number of nitrogens with one attached hydrogen (secondary N) is 1. The molecule has 108 valence electrons. The van der Waals surface area contributed by atoms with Crippen LogP contribution in [0.2, 0.25) is 0 Å². The van der Waals surface area contributed by atoms with Crippen LogP contribution in [0, 0.1) is 17.1 Å². The van der Waals surface area contributed by atoms with Gasteiger partial charge in [-0.3, -0.25) is 9.52 Å². The van der Waals surface area contributed by atoms with Crippen LogP contribution in [0.15, 0.2) is 18.2 Å². The molecule has 0 unspecified atom stereocenters. The Bertz CT molecular complexity index is 637. The number of esters is 1. The van der Waals surface area contributed by atoms with Gasteiger partial charge in [0, 0.05) is 0 Å². The van der Waals surface area contributed by atoms with Crippen molar-refractivity contribution in [2.45, 2.75) is 13.3 Å². The normalized spacial score (nSPS) is 10.7. The Hall–Kier alpha value is -2.14. The number of ether oxygens (including phenoxy) is 1. The Morgan fingerprint density at radius 2 is 2.20 bits per heavy atom. The van der Waals surface area contributed by atoms with E-state index in [1.54, 1.807) is 13.0 Å². The number of nitriles is 1. The number of halogens is 1. The van der Waals surface area contributed by atoms with Crippen LogP contribution in [-0.4, -0.2) is 26.7 Å². The van der Waals surface area contributed by atoms with Crippen molar-refractivity contribution in [2.24, 2.45) is 0 Å². The molecule has 0 aliphatic rings. The average molecular weight is 300 g/mol. The molecule has 1 aromatic carbocycles. The second-order valence-electron chi connectivity index (χ2n) is 3.78. The maximum atomic E-state index is 13.5. The van der Waals surface area contributed by atoms with Gasteiger partial charge in [0.2, 0.25) is 10.0 Å². The van der Waals surface area contributed by atoms with E-state index >= 15 is 0 Å². The van der Waals surface area contributed by atoms with Gasteiger partial charge in [0.05, 0.1) is 36.1 Å². The van der Waals surface area contributed by atoms with E-state index in [9.17, 15) is 17.6 Å². The molecular weight excluding hydrogens is 287 g/mol. The lowest BCUT2D eigenvalue weighted by Gasteiger charge is -2.08. The van der Waals surface area contributed by atoms with Gasteiger partial charge in [-0.15, -0.1) is 0 Å². The number of anilines is 1. The maximum absolute atomic E-state index is 13.5. The van der Waals surface area contributed by atoms with Crippen molar-refractivity contribution >= 4 is 21.7 Å². The Balaban J connectivity index is 2.72. The summed E-state index contributed by atoms with van der Waals surface area (Å²) in [6, 6.07) is 5.09. The first-order valence-corrected chi connectivity index (χ1v) is 7.39. The van der Waals surface area contributed by atoms with Crippen LogP contribution < -0.4 is 4.72 Å². The summed E-state index contributed by atoms with van der Waals surface area (Å²) in [7, 11) is -3.86.